The Morgan fingerprint density at radius 3 is 2.17 bits per heavy atom. The van der Waals surface area contributed by atoms with E-state index < -0.39 is 15.6 Å². The zero-order valence-electron chi connectivity index (χ0n) is 23.0. The third kappa shape index (κ3) is 6.07. The summed E-state index contributed by atoms with van der Waals surface area (Å²) in [7, 11) is -3.69. The Kier molecular flexibility index (Phi) is 7.46. The first-order chi connectivity index (χ1) is 19.0. The second-order valence-corrected chi connectivity index (χ2v) is 12.7. The van der Waals surface area contributed by atoms with Crippen LogP contribution < -0.4 is 14.5 Å². The van der Waals surface area contributed by atoms with Crippen LogP contribution in [-0.4, -0.2) is 63.6 Å². The van der Waals surface area contributed by atoms with Crippen LogP contribution in [0.15, 0.2) is 77.7 Å². The van der Waals surface area contributed by atoms with E-state index in [4.69, 9.17) is 4.74 Å². The maximum Gasteiger partial charge on any atom is 0.410 e. The van der Waals surface area contributed by atoms with Crippen LogP contribution in [0.1, 0.15) is 36.7 Å². The van der Waals surface area contributed by atoms with Crippen LogP contribution in [0.25, 0.3) is 0 Å². The molecular formula is C30H34N4O5S. The Morgan fingerprint density at radius 2 is 1.52 bits per heavy atom. The smallest absolute Gasteiger partial charge is 0.410 e. The number of benzene rings is 3. The average Bonchev–Trinajstić information content (AvgIpc) is 3.35. The molecule has 0 atom stereocenters. The first-order valence-electron chi connectivity index (χ1n) is 13.4. The minimum atomic E-state index is -3.69. The number of carbonyl (C=O) groups excluding carboxylic acids is 2. The van der Waals surface area contributed by atoms with Gasteiger partial charge in [-0.1, -0.05) is 18.2 Å². The van der Waals surface area contributed by atoms with Crippen molar-refractivity contribution >= 4 is 39.1 Å². The summed E-state index contributed by atoms with van der Waals surface area (Å²) in [5.41, 5.74) is 3.23. The molecule has 0 spiro atoms. The molecule has 0 radical (unpaired) electrons. The summed E-state index contributed by atoms with van der Waals surface area (Å²) in [6, 6.07) is 21.0. The van der Waals surface area contributed by atoms with Gasteiger partial charge in [0.15, 0.2) is 0 Å². The van der Waals surface area contributed by atoms with Gasteiger partial charge < -0.3 is 19.4 Å². The van der Waals surface area contributed by atoms with E-state index in [-0.39, 0.29) is 16.9 Å². The predicted octanol–water partition coefficient (Wildman–Crippen LogP) is 4.75. The van der Waals surface area contributed by atoms with Gasteiger partial charge in [0.2, 0.25) is 0 Å². The summed E-state index contributed by atoms with van der Waals surface area (Å²) >= 11 is 0. The normalized spacial score (nSPS) is 15.5. The monoisotopic (exact) mass is 562 g/mol. The maximum atomic E-state index is 13.4. The number of carbonyl (C=O) groups is 2. The quantitative estimate of drug-likeness (QED) is 0.482. The molecule has 210 valence electrons. The van der Waals surface area contributed by atoms with Gasteiger partial charge in [-0.2, -0.15) is 0 Å². The van der Waals surface area contributed by atoms with Crippen LogP contribution in [0.2, 0.25) is 0 Å². The fourth-order valence-electron chi connectivity index (χ4n) is 4.93. The minimum absolute atomic E-state index is 0.0994. The average molecular weight is 563 g/mol. The molecule has 2 heterocycles. The van der Waals surface area contributed by atoms with E-state index in [1.807, 2.05) is 45.0 Å². The van der Waals surface area contributed by atoms with Gasteiger partial charge in [-0.25, -0.2) is 13.2 Å². The predicted molar refractivity (Wildman–Crippen MR) is 156 cm³/mol. The van der Waals surface area contributed by atoms with Crippen molar-refractivity contribution < 1.29 is 22.7 Å². The molecule has 0 aromatic heterocycles. The Labute approximate surface area is 235 Å². The van der Waals surface area contributed by atoms with E-state index in [1.165, 1.54) is 0 Å². The molecule has 1 saturated heterocycles. The molecule has 2 aliphatic heterocycles. The maximum absolute atomic E-state index is 13.4. The van der Waals surface area contributed by atoms with Crippen LogP contribution in [0, 0.1) is 0 Å². The second-order valence-electron chi connectivity index (χ2n) is 11.0. The molecule has 2 amide bonds. The van der Waals surface area contributed by atoms with Crippen molar-refractivity contribution in [2.75, 3.05) is 47.2 Å². The van der Waals surface area contributed by atoms with E-state index in [2.05, 4.69) is 9.62 Å². The van der Waals surface area contributed by atoms with Crippen molar-refractivity contribution in [3.63, 3.8) is 0 Å². The van der Waals surface area contributed by atoms with E-state index >= 15 is 0 Å². The number of piperazine rings is 1. The molecule has 2 aliphatic rings. The van der Waals surface area contributed by atoms with Crippen LogP contribution in [0.3, 0.4) is 0 Å². The lowest BCUT2D eigenvalue weighted by Crippen LogP contribution is -2.50. The zero-order chi connectivity index (χ0) is 28.5. The van der Waals surface area contributed by atoms with Gasteiger partial charge in [0.25, 0.3) is 15.9 Å². The van der Waals surface area contributed by atoms with E-state index in [1.54, 1.807) is 58.3 Å². The summed E-state index contributed by atoms with van der Waals surface area (Å²) in [6.45, 7) is 8.62. The molecule has 3 aromatic rings. The van der Waals surface area contributed by atoms with Gasteiger partial charge in [-0.15, -0.1) is 0 Å². The lowest BCUT2D eigenvalue weighted by atomic mass is 10.1. The van der Waals surface area contributed by atoms with Gasteiger partial charge in [0.1, 0.15) is 5.60 Å². The molecule has 40 heavy (non-hydrogen) atoms. The largest absolute Gasteiger partial charge is 0.444 e. The molecule has 1 fully saturated rings. The number of hydrogen-bond acceptors (Lipinski definition) is 6. The molecular weight excluding hydrogens is 528 g/mol. The highest BCUT2D eigenvalue weighted by Crippen LogP contribution is 2.32. The minimum Gasteiger partial charge on any atom is -0.444 e. The lowest BCUT2D eigenvalue weighted by molar-refractivity contribution is 0.0240. The molecule has 3 aromatic carbocycles. The zero-order valence-corrected chi connectivity index (χ0v) is 23.8. The fourth-order valence-corrected chi connectivity index (χ4v) is 6.00. The Hall–Kier alpha value is -4.05. The van der Waals surface area contributed by atoms with Crippen LogP contribution >= 0.6 is 0 Å². The molecule has 9 nitrogen and oxygen atoms in total. The Balaban J connectivity index is 1.21. The van der Waals surface area contributed by atoms with Crippen molar-refractivity contribution in [2.24, 2.45) is 0 Å². The summed E-state index contributed by atoms with van der Waals surface area (Å²) in [5.74, 6) is -0.0994. The molecule has 0 saturated carbocycles. The third-order valence-corrected chi connectivity index (χ3v) is 8.33. The number of amides is 2. The summed E-state index contributed by atoms with van der Waals surface area (Å²) in [5, 5.41) is 0. The number of hydrogen-bond donors (Lipinski definition) is 1. The molecule has 0 bridgehead atoms. The van der Waals surface area contributed by atoms with Gasteiger partial charge >= 0.3 is 6.09 Å². The van der Waals surface area contributed by atoms with Crippen LogP contribution in [0.5, 0.6) is 0 Å². The molecule has 10 heteroatoms. The standard InChI is InChI=1S/C30H34N4O5S/c1-30(2,3)39-29(36)33-19-17-32(18-20-33)25-12-9-22(10-13-25)28(35)34-16-15-23-21-24(11-14-27(23)34)31-40(37,38)26-7-5-4-6-8-26/h4-14,21,31H,15-20H2,1-3H3. The number of nitrogens with zero attached hydrogens (tertiary/aromatic N) is 3. The summed E-state index contributed by atoms with van der Waals surface area (Å²) in [6.07, 6.45) is 0.349. The fraction of sp³-hybridized carbons (Fsp3) is 0.333. The van der Waals surface area contributed by atoms with Crippen molar-refractivity contribution in [1.29, 1.82) is 0 Å². The summed E-state index contributed by atoms with van der Waals surface area (Å²) < 4.78 is 33.5. The first-order valence-corrected chi connectivity index (χ1v) is 14.8. The first kappa shape index (κ1) is 27.5. The summed E-state index contributed by atoms with van der Waals surface area (Å²) in [4.78, 5) is 31.6. The number of sulfonamides is 1. The van der Waals surface area contributed by atoms with Gasteiger partial charge in [-0.3, -0.25) is 9.52 Å². The molecule has 0 aliphatic carbocycles. The molecule has 1 N–H and O–H groups in total. The second kappa shape index (κ2) is 10.8. The lowest BCUT2D eigenvalue weighted by Gasteiger charge is -2.36. The molecule has 0 unspecified atom stereocenters. The third-order valence-electron chi connectivity index (χ3n) is 6.94. The van der Waals surface area contributed by atoms with E-state index in [9.17, 15) is 18.0 Å². The van der Waals surface area contributed by atoms with Gasteiger partial charge in [0, 0.05) is 55.3 Å². The van der Waals surface area contributed by atoms with Crippen LogP contribution in [0.4, 0.5) is 21.9 Å². The SMILES string of the molecule is CC(C)(C)OC(=O)N1CCN(c2ccc(C(=O)N3CCc4cc(NS(=O)(=O)c5ccccc5)ccc43)cc2)CC1. The Morgan fingerprint density at radius 1 is 0.850 bits per heavy atom. The molecule has 5 rings (SSSR count). The topological polar surface area (TPSA) is 99.3 Å². The van der Waals surface area contributed by atoms with Crippen molar-refractivity contribution in [3.8, 4) is 0 Å². The Bertz CT molecular complexity index is 1490. The number of anilines is 3. The van der Waals surface area contributed by atoms with Crippen molar-refractivity contribution in [3.05, 3.63) is 83.9 Å². The number of nitrogens with one attached hydrogen (secondary N) is 1. The van der Waals surface area contributed by atoms with Crippen LogP contribution in [-0.2, 0) is 21.2 Å². The highest BCUT2D eigenvalue weighted by molar-refractivity contribution is 7.92. The number of rotatable bonds is 5. The van der Waals surface area contributed by atoms with Gasteiger partial charge in [0.05, 0.1) is 4.90 Å². The van der Waals surface area contributed by atoms with E-state index in [0.717, 1.165) is 16.9 Å². The van der Waals surface area contributed by atoms with Crippen molar-refractivity contribution in [1.82, 2.24) is 4.90 Å². The van der Waals surface area contributed by atoms with E-state index in [0.29, 0.717) is 50.4 Å². The highest BCUT2D eigenvalue weighted by Gasteiger charge is 2.28. The number of fused-ring (bicyclic) bond motifs is 1. The number of ether oxygens (including phenoxy) is 1. The van der Waals surface area contributed by atoms with Crippen molar-refractivity contribution in [2.45, 2.75) is 37.7 Å². The van der Waals surface area contributed by atoms with Gasteiger partial charge in [-0.05, 0) is 87.4 Å². The highest BCUT2D eigenvalue weighted by atomic mass is 32.2.